The summed E-state index contributed by atoms with van der Waals surface area (Å²) in [6, 6.07) is 6.05. The number of nitrogens with one attached hydrogen (secondary N) is 1. The van der Waals surface area contributed by atoms with Crippen LogP contribution in [0, 0.1) is 0 Å². The molecule has 0 saturated carbocycles. The number of rotatable bonds is 7. The van der Waals surface area contributed by atoms with E-state index in [0.29, 0.717) is 0 Å². The maximum absolute atomic E-state index is 6.15. The van der Waals surface area contributed by atoms with E-state index in [1.54, 1.807) is 4.90 Å². The average molecular weight is 297 g/mol. The molecule has 1 aliphatic rings. The maximum atomic E-state index is 6.15. The average Bonchev–Trinajstić information content (AvgIpc) is 2.47. The van der Waals surface area contributed by atoms with Crippen LogP contribution in [-0.4, -0.2) is 19.7 Å². The van der Waals surface area contributed by atoms with Gasteiger partial charge in [0.2, 0.25) is 0 Å². The molecule has 0 spiro atoms. The van der Waals surface area contributed by atoms with Crippen LogP contribution in [-0.2, 0) is 6.54 Å². The van der Waals surface area contributed by atoms with Crippen molar-refractivity contribution in [3.63, 3.8) is 0 Å². The fourth-order valence-corrected chi connectivity index (χ4v) is 3.05. The molecular formula is C17H27ClNO+. The molecule has 1 aromatic rings. The zero-order chi connectivity index (χ0) is 14.2. The quantitative estimate of drug-likeness (QED) is 0.761. The third-order valence-electron chi connectivity index (χ3n) is 4.03. The van der Waals surface area contributed by atoms with Gasteiger partial charge in [-0.1, -0.05) is 31.4 Å². The van der Waals surface area contributed by atoms with E-state index in [4.69, 9.17) is 16.3 Å². The standard InChI is InChI=1S/C17H26ClNO/c1-2-3-7-12-20-17-9-8-16(18)13-15(17)14-19-10-5-4-6-11-19/h8-9,13H,2-7,10-12,14H2,1H3/p+1. The second-order valence-electron chi connectivity index (χ2n) is 5.80. The predicted molar refractivity (Wildman–Crippen MR) is 84.7 cm³/mol. The molecule has 2 nitrogen and oxygen atoms in total. The summed E-state index contributed by atoms with van der Waals surface area (Å²) < 4.78 is 5.96. The maximum Gasteiger partial charge on any atom is 0.128 e. The number of halogens is 1. The van der Waals surface area contributed by atoms with Gasteiger partial charge in [0, 0.05) is 10.6 Å². The molecule has 0 amide bonds. The van der Waals surface area contributed by atoms with Crippen LogP contribution in [0.3, 0.4) is 0 Å². The highest BCUT2D eigenvalue weighted by Gasteiger charge is 2.16. The lowest BCUT2D eigenvalue weighted by atomic mass is 10.1. The summed E-state index contributed by atoms with van der Waals surface area (Å²) in [6.07, 6.45) is 7.69. The van der Waals surface area contributed by atoms with Crippen molar-refractivity contribution < 1.29 is 9.64 Å². The summed E-state index contributed by atoms with van der Waals surface area (Å²) >= 11 is 6.15. The molecule has 0 atom stereocenters. The van der Waals surface area contributed by atoms with Crippen molar-refractivity contribution in [2.45, 2.75) is 52.0 Å². The van der Waals surface area contributed by atoms with Crippen molar-refractivity contribution >= 4 is 11.6 Å². The van der Waals surface area contributed by atoms with Crippen molar-refractivity contribution in [2.75, 3.05) is 19.7 Å². The number of quaternary nitrogens is 1. The Hall–Kier alpha value is -0.730. The van der Waals surface area contributed by atoms with Gasteiger partial charge >= 0.3 is 0 Å². The summed E-state index contributed by atoms with van der Waals surface area (Å²) in [4.78, 5) is 1.66. The van der Waals surface area contributed by atoms with E-state index in [1.165, 1.54) is 50.8 Å². The normalized spacial score (nSPS) is 16.3. The van der Waals surface area contributed by atoms with Crippen LogP contribution in [0.25, 0.3) is 0 Å². The van der Waals surface area contributed by atoms with Crippen molar-refractivity contribution in [3.05, 3.63) is 28.8 Å². The highest BCUT2D eigenvalue weighted by atomic mass is 35.5. The van der Waals surface area contributed by atoms with Crippen LogP contribution in [0.1, 0.15) is 51.0 Å². The third-order valence-corrected chi connectivity index (χ3v) is 4.26. The second-order valence-corrected chi connectivity index (χ2v) is 6.23. The van der Waals surface area contributed by atoms with Crippen molar-refractivity contribution in [3.8, 4) is 5.75 Å². The molecule has 112 valence electrons. The number of hydrogen-bond acceptors (Lipinski definition) is 1. The molecule has 0 bridgehead atoms. The molecule has 0 radical (unpaired) electrons. The first-order chi connectivity index (χ1) is 9.79. The fourth-order valence-electron chi connectivity index (χ4n) is 2.86. The smallest absolute Gasteiger partial charge is 0.128 e. The lowest BCUT2D eigenvalue weighted by molar-refractivity contribution is -0.918. The third kappa shape index (κ3) is 4.99. The lowest BCUT2D eigenvalue weighted by Gasteiger charge is -2.24. The zero-order valence-corrected chi connectivity index (χ0v) is 13.3. The Bertz CT molecular complexity index is 402. The Morgan fingerprint density at radius 3 is 2.70 bits per heavy atom. The van der Waals surface area contributed by atoms with E-state index < -0.39 is 0 Å². The molecule has 1 fully saturated rings. The predicted octanol–water partition coefficient (Wildman–Crippen LogP) is 3.48. The molecule has 0 unspecified atom stereocenters. The van der Waals surface area contributed by atoms with Gasteiger partial charge in [0.05, 0.1) is 19.7 Å². The number of piperidine rings is 1. The van der Waals surface area contributed by atoms with Crippen LogP contribution in [0.5, 0.6) is 5.75 Å². The molecule has 1 heterocycles. The summed E-state index contributed by atoms with van der Waals surface area (Å²) in [7, 11) is 0. The number of unbranched alkanes of at least 4 members (excludes halogenated alkanes) is 2. The van der Waals surface area contributed by atoms with E-state index in [0.717, 1.165) is 30.3 Å². The van der Waals surface area contributed by atoms with Crippen molar-refractivity contribution in [2.24, 2.45) is 0 Å². The monoisotopic (exact) mass is 296 g/mol. The van der Waals surface area contributed by atoms with Gasteiger partial charge in [-0.15, -0.1) is 0 Å². The van der Waals surface area contributed by atoms with Gasteiger partial charge in [0.15, 0.2) is 0 Å². The number of ether oxygens (including phenoxy) is 1. The van der Waals surface area contributed by atoms with Crippen molar-refractivity contribution in [1.29, 1.82) is 0 Å². The molecule has 3 heteroatoms. The van der Waals surface area contributed by atoms with Gasteiger partial charge in [-0.3, -0.25) is 0 Å². The topological polar surface area (TPSA) is 13.7 Å². The zero-order valence-electron chi connectivity index (χ0n) is 12.6. The molecular weight excluding hydrogens is 270 g/mol. The number of likely N-dealkylation sites (tertiary alicyclic amines) is 1. The summed E-state index contributed by atoms with van der Waals surface area (Å²) in [6.45, 7) is 6.64. The first-order valence-corrected chi connectivity index (χ1v) is 8.42. The Morgan fingerprint density at radius 1 is 1.15 bits per heavy atom. The molecule has 1 saturated heterocycles. The van der Waals surface area contributed by atoms with Gasteiger partial charge in [0.1, 0.15) is 12.3 Å². The minimum atomic E-state index is 0.817. The molecule has 1 aromatic carbocycles. The summed E-state index contributed by atoms with van der Waals surface area (Å²) in [5, 5.41) is 0.817. The molecule has 0 aromatic heterocycles. The van der Waals surface area contributed by atoms with E-state index in [1.807, 2.05) is 12.1 Å². The van der Waals surface area contributed by atoms with Crippen LogP contribution >= 0.6 is 11.6 Å². The van der Waals surface area contributed by atoms with E-state index in [9.17, 15) is 0 Å². The van der Waals surface area contributed by atoms with Gasteiger partial charge in [-0.05, 0) is 43.9 Å². The van der Waals surface area contributed by atoms with Crippen molar-refractivity contribution in [1.82, 2.24) is 0 Å². The van der Waals surface area contributed by atoms with Gasteiger partial charge in [-0.2, -0.15) is 0 Å². The second kappa shape index (κ2) is 8.53. The highest BCUT2D eigenvalue weighted by Crippen LogP contribution is 2.22. The lowest BCUT2D eigenvalue weighted by Crippen LogP contribution is -3.11. The molecule has 20 heavy (non-hydrogen) atoms. The summed E-state index contributed by atoms with van der Waals surface area (Å²) in [5.74, 6) is 1.03. The Labute approximate surface area is 128 Å². The van der Waals surface area contributed by atoms with Gasteiger partial charge in [-0.25, -0.2) is 0 Å². The Balaban J connectivity index is 1.95. The molecule has 1 N–H and O–H groups in total. The first-order valence-electron chi connectivity index (χ1n) is 8.04. The molecule has 0 aliphatic carbocycles. The SMILES string of the molecule is CCCCCOc1ccc(Cl)cc1C[NH+]1CCCCC1. The number of hydrogen-bond donors (Lipinski definition) is 1. The largest absolute Gasteiger partial charge is 0.493 e. The minimum absolute atomic E-state index is 0.817. The molecule has 2 rings (SSSR count). The van der Waals surface area contributed by atoms with Crippen LogP contribution in [0.15, 0.2) is 18.2 Å². The van der Waals surface area contributed by atoms with E-state index in [2.05, 4.69) is 13.0 Å². The highest BCUT2D eigenvalue weighted by molar-refractivity contribution is 6.30. The van der Waals surface area contributed by atoms with Crippen LogP contribution in [0.2, 0.25) is 5.02 Å². The minimum Gasteiger partial charge on any atom is -0.493 e. The van der Waals surface area contributed by atoms with Gasteiger partial charge < -0.3 is 9.64 Å². The Morgan fingerprint density at radius 2 is 1.95 bits per heavy atom. The summed E-state index contributed by atoms with van der Waals surface area (Å²) in [5.41, 5.74) is 1.27. The number of benzene rings is 1. The molecule has 1 aliphatic heterocycles. The van der Waals surface area contributed by atoms with Gasteiger partial charge in [0.25, 0.3) is 0 Å². The van der Waals surface area contributed by atoms with Crippen LogP contribution < -0.4 is 9.64 Å². The van der Waals surface area contributed by atoms with E-state index in [-0.39, 0.29) is 0 Å². The first kappa shape index (κ1) is 15.7. The van der Waals surface area contributed by atoms with Crippen LogP contribution in [0.4, 0.5) is 0 Å². The Kier molecular flexibility index (Phi) is 6.68. The fraction of sp³-hybridized carbons (Fsp3) is 0.647. The van der Waals surface area contributed by atoms with E-state index >= 15 is 0 Å².